The van der Waals surface area contributed by atoms with Crippen LogP contribution in [0.4, 0.5) is 0 Å². The smallest absolute Gasteiger partial charge is 0.338 e. The average molecular weight is 439 g/mol. The molecule has 5 saturated carbocycles. The van der Waals surface area contributed by atoms with Crippen LogP contribution in [0.2, 0.25) is 0 Å². The van der Waals surface area contributed by atoms with Gasteiger partial charge in [0.1, 0.15) is 11.9 Å². The van der Waals surface area contributed by atoms with Gasteiger partial charge in [-0.3, -0.25) is 9.59 Å². The van der Waals surface area contributed by atoms with Crippen molar-refractivity contribution in [1.82, 2.24) is 0 Å². The highest BCUT2D eigenvalue weighted by atomic mass is 16.5. The molecule has 1 aromatic carbocycles. The maximum absolute atomic E-state index is 13.1. The Balaban J connectivity index is 1.43. The molecule has 5 nitrogen and oxygen atoms in total. The number of hydrogen-bond acceptors (Lipinski definition) is 5. The summed E-state index contributed by atoms with van der Waals surface area (Å²) in [7, 11) is 1.50. The van der Waals surface area contributed by atoms with Gasteiger partial charge in [0.05, 0.1) is 24.0 Å². The van der Waals surface area contributed by atoms with Gasteiger partial charge in [-0.05, 0) is 80.2 Å². The molecular weight excluding hydrogens is 404 g/mol. The van der Waals surface area contributed by atoms with Crippen molar-refractivity contribution in [2.45, 2.75) is 71.3 Å². The first-order valence-corrected chi connectivity index (χ1v) is 12.1. The Kier molecular flexibility index (Phi) is 5.03. The van der Waals surface area contributed by atoms with Crippen LogP contribution in [-0.4, -0.2) is 30.9 Å². The van der Waals surface area contributed by atoms with Gasteiger partial charge in [-0.25, -0.2) is 4.79 Å². The van der Waals surface area contributed by atoms with Crippen LogP contribution in [-0.2, 0) is 19.1 Å². The van der Waals surface area contributed by atoms with Crippen molar-refractivity contribution >= 4 is 17.7 Å². The summed E-state index contributed by atoms with van der Waals surface area (Å²) < 4.78 is 11.2. The van der Waals surface area contributed by atoms with E-state index in [1.165, 1.54) is 7.11 Å². The number of ketones is 1. The zero-order valence-electron chi connectivity index (χ0n) is 19.4. The number of carbonyl (C=O) groups is 3. The van der Waals surface area contributed by atoms with E-state index in [1.54, 1.807) is 12.1 Å². The monoisotopic (exact) mass is 438 g/mol. The fraction of sp³-hybridized carbons (Fsp3) is 0.667. The van der Waals surface area contributed by atoms with Crippen molar-refractivity contribution in [3.05, 3.63) is 35.9 Å². The average Bonchev–Trinajstić information content (AvgIpc) is 2.78. The van der Waals surface area contributed by atoms with Gasteiger partial charge in [-0.1, -0.05) is 31.5 Å². The van der Waals surface area contributed by atoms with Crippen molar-refractivity contribution in [1.29, 1.82) is 0 Å². The lowest BCUT2D eigenvalue weighted by Crippen LogP contribution is -2.65. The molecule has 0 unspecified atom stereocenters. The molecule has 0 aromatic heterocycles. The van der Waals surface area contributed by atoms with E-state index >= 15 is 0 Å². The molecule has 2 bridgehead atoms. The Labute approximate surface area is 190 Å². The summed E-state index contributed by atoms with van der Waals surface area (Å²) in [5.74, 6) is 0.262. The third-order valence-corrected chi connectivity index (χ3v) is 9.85. The first-order chi connectivity index (χ1) is 15.2. The summed E-state index contributed by atoms with van der Waals surface area (Å²) in [6, 6.07) is 9.04. The quantitative estimate of drug-likeness (QED) is 0.623. The number of rotatable bonds is 3. The summed E-state index contributed by atoms with van der Waals surface area (Å²) in [4.78, 5) is 38.7. The summed E-state index contributed by atoms with van der Waals surface area (Å²) in [5.41, 5.74) is -0.0319. The van der Waals surface area contributed by atoms with Crippen molar-refractivity contribution in [2.75, 3.05) is 7.11 Å². The van der Waals surface area contributed by atoms with Crippen LogP contribution in [0.3, 0.4) is 0 Å². The first-order valence-electron chi connectivity index (χ1n) is 12.1. The lowest BCUT2D eigenvalue weighted by molar-refractivity contribution is -0.211. The molecule has 7 atom stereocenters. The van der Waals surface area contributed by atoms with E-state index in [9.17, 15) is 14.4 Å². The summed E-state index contributed by atoms with van der Waals surface area (Å²) in [6.07, 6.45) is 6.62. The topological polar surface area (TPSA) is 69.7 Å². The van der Waals surface area contributed by atoms with Crippen LogP contribution < -0.4 is 0 Å². The van der Waals surface area contributed by atoms with E-state index in [-0.39, 0.29) is 46.5 Å². The molecule has 5 fully saturated rings. The van der Waals surface area contributed by atoms with Gasteiger partial charge in [0.15, 0.2) is 0 Å². The number of esters is 2. The summed E-state index contributed by atoms with van der Waals surface area (Å²) >= 11 is 0. The zero-order chi connectivity index (χ0) is 22.7. The van der Waals surface area contributed by atoms with Crippen LogP contribution >= 0.6 is 0 Å². The van der Waals surface area contributed by atoms with Crippen molar-refractivity contribution in [3.8, 4) is 0 Å². The van der Waals surface area contributed by atoms with Crippen LogP contribution in [0.15, 0.2) is 30.3 Å². The lowest BCUT2D eigenvalue weighted by Gasteiger charge is -2.67. The van der Waals surface area contributed by atoms with E-state index in [0.29, 0.717) is 17.9 Å². The Hall–Kier alpha value is -2.17. The lowest BCUT2D eigenvalue weighted by atomic mass is 9.37. The van der Waals surface area contributed by atoms with Crippen LogP contribution in [0, 0.1) is 34.0 Å². The molecule has 0 N–H and O–H groups in total. The molecular formula is C27H34O5. The van der Waals surface area contributed by atoms with Crippen LogP contribution in [0.1, 0.15) is 75.6 Å². The number of Topliss-reactive ketones (excluding diaryl/α,β-unsaturated/α-hetero) is 1. The Bertz CT molecular complexity index is 941. The number of benzene rings is 1. The van der Waals surface area contributed by atoms with E-state index in [4.69, 9.17) is 9.47 Å². The third-order valence-electron chi connectivity index (χ3n) is 9.85. The molecule has 32 heavy (non-hydrogen) atoms. The summed E-state index contributed by atoms with van der Waals surface area (Å²) in [6.45, 7) is 4.45. The SMILES string of the molecule is COC(=O)[C@]1(C)CCC[C@@]2(C)[C@H]1CC[C@@]13CC(=O)[C@@H](C[C@@H]12)[C@H](OC(=O)c1ccccc1)C3. The molecule has 0 aliphatic heterocycles. The van der Waals surface area contributed by atoms with Gasteiger partial charge in [-0.2, -0.15) is 0 Å². The van der Waals surface area contributed by atoms with Gasteiger partial charge < -0.3 is 9.47 Å². The molecule has 0 saturated heterocycles. The fourth-order valence-electron chi connectivity index (χ4n) is 8.48. The standard InChI is InChI=1S/C27H34O5/c1-25-11-7-12-26(2,24(30)31-3)21(25)10-13-27-15-19(28)18(14-22(25)27)20(16-27)32-23(29)17-8-5-4-6-9-17/h4-6,8-9,18,20-22H,7,10-16H2,1-3H3/t18-,20-,21-,22-,25+,26-,27+/m1/s1. The molecule has 5 aliphatic rings. The van der Waals surface area contributed by atoms with Gasteiger partial charge in [-0.15, -0.1) is 0 Å². The summed E-state index contributed by atoms with van der Waals surface area (Å²) in [5, 5.41) is 0. The first kappa shape index (κ1) is 21.7. The highest BCUT2D eigenvalue weighted by Gasteiger charge is 2.68. The van der Waals surface area contributed by atoms with E-state index in [0.717, 1.165) is 44.9 Å². The maximum atomic E-state index is 13.1. The predicted octanol–water partition coefficient (Wildman–Crippen LogP) is 4.98. The number of carbonyl (C=O) groups excluding carboxylic acids is 3. The molecule has 5 heteroatoms. The van der Waals surface area contributed by atoms with Gasteiger partial charge in [0.2, 0.25) is 0 Å². The van der Waals surface area contributed by atoms with Crippen LogP contribution in [0.5, 0.6) is 0 Å². The molecule has 172 valence electrons. The molecule has 0 amide bonds. The van der Waals surface area contributed by atoms with Crippen molar-refractivity contribution in [3.63, 3.8) is 0 Å². The number of methoxy groups -OCH3 is 1. The second-order valence-corrected chi connectivity index (χ2v) is 11.3. The highest BCUT2D eigenvalue weighted by Crippen LogP contribution is 2.71. The van der Waals surface area contributed by atoms with Crippen molar-refractivity contribution in [2.24, 2.45) is 34.0 Å². The van der Waals surface area contributed by atoms with E-state index in [2.05, 4.69) is 13.8 Å². The minimum Gasteiger partial charge on any atom is -0.469 e. The fourth-order valence-corrected chi connectivity index (χ4v) is 8.48. The Morgan fingerprint density at radius 3 is 2.50 bits per heavy atom. The van der Waals surface area contributed by atoms with Crippen molar-refractivity contribution < 1.29 is 23.9 Å². The van der Waals surface area contributed by atoms with Gasteiger partial charge >= 0.3 is 11.9 Å². The molecule has 0 heterocycles. The van der Waals surface area contributed by atoms with E-state index in [1.807, 2.05) is 18.2 Å². The van der Waals surface area contributed by atoms with E-state index < -0.39 is 5.41 Å². The normalized spacial score (nSPS) is 42.5. The zero-order valence-corrected chi connectivity index (χ0v) is 19.4. The Morgan fingerprint density at radius 1 is 1.03 bits per heavy atom. The molecule has 1 spiro atoms. The number of fused-ring (bicyclic) bond motifs is 3. The maximum Gasteiger partial charge on any atom is 0.338 e. The molecule has 0 radical (unpaired) electrons. The predicted molar refractivity (Wildman–Crippen MR) is 119 cm³/mol. The second kappa shape index (κ2) is 7.43. The molecule has 1 aromatic rings. The third kappa shape index (κ3) is 2.99. The largest absolute Gasteiger partial charge is 0.469 e. The number of ether oxygens (including phenoxy) is 2. The minimum absolute atomic E-state index is 0.00675. The minimum atomic E-state index is -0.455. The van der Waals surface area contributed by atoms with Gasteiger partial charge in [0, 0.05) is 6.42 Å². The van der Waals surface area contributed by atoms with Gasteiger partial charge in [0.25, 0.3) is 0 Å². The highest BCUT2D eigenvalue weighted by molar-refractivity contribution is 5.90. The Morgan fingerprint density at radius 2 is 1.78 bits per heavy atom. The number of hydrogen-bond donors (Lipinski definition) is 0. The van der Waals surface area contributed by atoms with Crippen LogP contribution in [0.25, 0.3) is 0 Å². The second-order valence-electron chi connectivity index (χ2n) is 11.3. The molecule has 5 aliphatic carbocycles. The molecule has 6 rings (SSSR count).